The summed E-state index contributed by atoms with van der Waals surface area (Å²) in [7, 11) is 4.03. The van der Waals surface area contributed by atoms with Gasteiger partial charge in [0.15, 0.2) is 0 Å². The van der Waals surface area contributed by atoms with Crippen LogP contribution in [-0.4, -0.2) is 26.5 Å². The molecule has 0 bridgehead atoms. The summed E-state index contributed by atoms with van der Waals surface area (Å²) in [5.41, 5.74) is 3.82. The lowest BCUT2D eigenvalue weighted by Crippen LogP contribution is -2.42. The zero-order chi connectivity index (χ0) is 19.7. The highest BCUT2D eigenvalue weighted by atomic mass is 16.5. The van der Waals surface area contributed by atoms with Crippen LogP contribution in [0.25, 0.3) is 0 Å². The summed E-state index contributed by atoms with van der Waals surface area (Å²) >= 11 is 0. The van der Waals surface area contributed by atoms with E-state index < -0.39 is 0 Å². The van der Waals surface area contributed by atoms with E-state index in [4.69, 9.17) is 14.6 Å². The first kappa shape index (κ1) is 18.0. The summed E-state index contributed by atoms with van der Waals surface area (Å²) in [5.74, 6) is 1.85. The monoisotopic (exact) mass is 376 g/mol. The smallest absolute Gasteiger partial charge is 0.205 e. The standard InChI is InChI=1S/C22H24N4O2/c1-4-27-18-11-5-15(6-12-18)21-24-22-19(13-14-28-22)20(23)26(21)17-9-7-16(8-10-17)25(2)3/h5-14,21,23-24H,4H2,1-3H3. The van der Waals surface area contributed by atoms with Gasteiger partial charge in [0.1, 0.15) is 17.8 Å². The van der Waals surface area contributed by atoms with Crippen molar-refractivity contribution in [3.05, 3.63) is 72.0 Å². The van der Waals surface area contributed by atoms with Gasteiger partial charge < -0.3 is 24.3 Å². The van der Waals surface area contributed by atoms with Crippen LogP contribution in [0.3, 0.4) is 0 Å². The van der Waals surface area contributed by atoms with E-state index in [9.17, 15) is 0 Å². The van der Waals surface area contributed by atoms with Crippen LogP contribution in [0.15, 0.2) is 65.3 Å². The lowest BCUT2D eigenvalue weighted by Gasteiger charge is -2.38. The van der Waals surface area contributed by atoms with Gasteiger partial charge in [-0.1, -0.05) is 12.1 Å². The van der Waals surface area contributed by atoms with Crippen molar-refractivity contribution in [2.45, 2.75) is 13.1 Å². The van der Waals surface area contributed by atoms with E-state index in [1.165, 1.54) is 0 Å². The minimum atomic E-state index is -0.257. The topological polar surface area (TPSA) is 64.7 Å². The fourth-order valence-corrected chi connectivity index (χ4v) is 3.39. The average Bonchev–Trinajstić information content (AvgIpc) is 3.18. The average molecular weight is 376 g/mol. The zero-order valence-corrected chi connectivity index (χ0v) is 16.3. The van der Waals surface area contributed by atoms with Gasteiger partial charge in [0.2, 0.25) is 5.88 Å². The highest BCUT2D eigenvalue weighted by molar-refractivity contribution is 6.13. The van der Waals surface area contributed by atoms with E-state index in [1.54, 1.807) is 6.26 Å². The summed E-state index contributed by atoms with van der Waals surface area (Å²) in [5, 5.41) is 12.2. The van der Waals surface area contributed by atoms with Crippen molar-refractivity contribution in [2.75, 3.05) is 35.8 Å². The second-order valence-electron chi connectivity index (χ2n) is 6.84. The number of nitrogens with one attached hydrogen (secondary N) is 2. The number of benzene rings is 2. The third kappa shape index (κ3) is 3.17. The van der Waals surface area contributed by atoms with Crippen LogP contribution in [0, 0.1) is 5.41 Å². The van der Waals surface area contributed by atoms with Crippen LogP contribution in [-0.2, 0) is 0 Å². The van der Waals surface area contributed by atoms with E-state index in [2.05, 4.69) is 22.3 Å². The Balaban J connectivity index is 1.74. The van der Waals surface area contributed by atoms with E-state index in [1.807, 2.05) is 68.4 Å². The molecular weight excluding hydrogens is 352 g/mol. The molecule has 0 saturated carbocycles. The number of fused-ring (bicyclic) bond motifs is 1. The van der Waals surface area contributed by atoms with Crippen molar-refractivity contribution < 1.29 is 9.15 Å². The lowest BCUT2D eigenvalue weighted by molar-refractivity contribution is 0.340. The summed E-state index contributed by atoms with van der Waals surface area (Å²) in [6, 6.07) is 18.0. The number of amidine groups is 1. The molecular formula is C22H24N4O2. The molecule has 0 spiro atoms. The second-order valence-corrected chi connectivity index (χ2v) is 6.84. The SMILES string of the molecule is CCOc1ccc(C2Nc3occc3C(=N)N2c2ccc(N(C)C)cc2)cc1. The number of anilines is 3. The number of hydrogen-bond donors (Lipinski definition) is 2. The Kier molecular flexibility index (Phi) is 4.69. The Morgan fingerprint density at radius 3 is 2.43 bits per heavy atom. The van der Waals surface area contributed by atoms with E-state index >= 15 is 0 Å². The highest BCUT2D eigenvalue weighted by Gasteiger charge is 2.33. The summed E-state index contributed by atoms with van der Waals surface area (Å²) in [6.07, 6.45) is 1.35. The van der Waals surface area contributed by atoms with Gasteiger partial charge in [-0.3, -0.25) is 5.41 Å². The molecule has 6 heteroatoms. The molecule has 1 aliphatic rings. The Hall–Kier alpha value is -3.41. The molecule has 1 aromatic heterocycles. The Morgan fingerprint density at radius 1 is 1.07 bits per heavy atom. The minimum Gasteiger partial charge on any atom is -0.494 e. The maximum atomic E-state index is 8.80. The van der Waals surface area contributed by atoms with Gasteiger partial charge in [-0.25, -0.2) is 0 Å². The van der Waals surface area contributed by atoms with E-state index in [-0.39, 0.29) is 6.17 Å². The molecule has 4 rings (SSSR count). The zero-order valence-electron chi connectivity index (χ0n) is 16.3. The second kappa shape index (κ2) is 7.31. The van der Waals surface area contributed by atoms with Gasteiger partial charge in [0.05, 0.1) is 18.4 Å². The molecule has 0 amide bonds. The van der Waals surface area contributed by atoms with Gasteiger partial charge in [-0.2, -0.15) is 0 Å². The summed E-state index contributed by atoms with van der Waals surface area (Å²) in [6.45, 7) is 2.60. The molecule has 2 aromatic carbocycles. The van der Waals surface area contributed by atoms with Gasteiger partial charge in [-0.15, -0.1) is 0 Å². The van der Waals surface area contributed by atoms with E-state index in [0.717, 1.165) is 28.3 Å². The van der Waals surface area contributed by atoms with Crippen molar-refractivity contribution >= 4 is 23.1 Å². The molecule has 1 atom stereocenters. The van der Waals surface area contributed by atoms with Crippen molar-refractivity contribution in [3.8, 4) is 5.75 Å². The van der Waals surface area contributed by atoms with Gasteiger partial charge >= 0.3 is 0 Å². The van der Waals surface area contributed by atoms with Gasteiger partial charge in [0, 0.05) is 25.5 Å². The van der Waals surface area contributed by atoms with Crippen LogP contribution in [0.5, 0.6) is 5.75 Å². The van der Waals surface area contributed by atoms with Gasteiger partial charge in [0.25, 0.3) is 0 Å². The molecule has 28 heavy (non-hydrogen) atoms. The maximum absolute atomic E-state index is 8.80. The molecule has 2 heterocycles. The predicted molar refractivity (Wildman–Crippen MR) is 113 cm³/mol. The fraction of sp³-hybridized carbons (Fsp3) is 0.227. The number of ether oxygens (including phenoxy) is 1. The Labute approximate surface area is 164 Å². The minimum absolute atomic E-state index is 0.257. The molecule has 6 nitrogen and oxygen atoms in total. The number of rotatable bonds is 5. The number of nitrogens with zero attached hydrogens (tertiary/aromatic N) is 2. The van der Waals surface area contributed by atoms with Crippen LogP contribution in [0.1, 0.15) is 24.2 Å². The van der Waals surface area contributed by atoms with Crippen molar-refractivity contribution in [1.29, 1.82) is 5.41 Å². The van der Waals surface area contributed by atoms with Crippen LogP contribution < -0.4 is 19.9 Å². The van der Waals surface area contributed by atoms with Crippen molar-refractivity contribution in [2.24, 2.45) is 0 Å². The molecule has 0 aliphatic carbocycles. The van der Waals surface area contributed by atoms with Crippen LogP contribution in [0.2, 0.25) is 0 Å². The highest BCUT2D eigenvalue weighted by Crippen LogP contribution is 2.38. The van der Waals surface area contributed by atoms with Crippen LogP contribution in [0.4, 0.5) is 17.3 Å². The first-order valence-corrected chi connectivity index (χ1v) is 9.31. The van der Waals surface area contributed by atoms with Crippen molar-refractivity contribution in [1.82, 2.24) is 0 Å². The normalized spacial score (nSPS) is 15.8. The van der Waals surface area contributed by atoms with Crippen molar-refractivity contribution in [3.63, 3.8) is 0 Å². The molecule has 1 unspecified atom stereocenters. The third-order valence-corrected chi connectivity index (χ3v) is 4.84. The Morgan fingerprint density at radius 2 is 1.79 bits per heavy atom. The molecule has 3 aromatic rings. The lowest BCUT2D eigenvalue weighted by atomic mass is 10.1. The molecule has 0 radical (unpaired) electrons. The molecule has 0 saturated heterocycles. The predicted octanol–water partition coefficient (Wildman–Crippen LogP) is 4.70. The summed E-state index contributed by atoms with van der Waals surface area (Å²) < 4.78 is 11.1. The van der Waals surface area contributed by atoms with Gasteiger partial charge in [-0.05, 0) is 55.0 Å². The molecule has 0 fully saturated rings. The first-order chi connectivity index (χ1) is 13.6. The van der Waals surface area contributed by atoms with E-state index in [0.29, 0.717) is 18.3 Å². The molecule has 2 N–H and O–H groups in total. The quantitative estimate of drug-likeness (QED) is 0.676. The van der Waals surface area contributed by atoms with Crippen LogP contribution >= 0.6 is 0 Å². The third-order valence-electron chi connectivity index (χ3n) is 4.84. The molecule has 144 valence electrons. The largest absolute Gasteiger partial charge is 0.494 e. The Bertz CT molecular complexity index is 961. The number of hydrogen-bond acceptors (Lipinski definition) is 5. The maximum Gasteiger partial charge on any atom is 0.205 e. The summed E-state index contributed by atoms with van der Waals surface area (Å²) in [4.78, 5) is 4.04. The number of furan rings is 1. The first-order valence-electron chi connectivity index (χ1n) is 9.31. The molecule has 1 aliphatic heterocycles. The fourth-order valence-electron chi connectivity index (χ4n) is 3.39.